The fourth-order valence-corrected chi connectivity index (χ4v) is 1.87. The molecule has 0 aliphatic carbocycles. The van der Waals surface area contributed by atoms with Gasteiger partial charge in [-0.05, 0) is 12.3 Å². The van der Waals surface area contributed by atoms with Crippen molar-refractivity contribution < 1.29 is 8.76 Å². The van der Waals surface area contributed by atoms with Crippen LogP contribution in [0.15, 0.2) is 0 Å². The van der Waals surface area contributed by atoms with E-state index in [0.717, 1.165) is 25.9 Å². The molecule has 2 atom stereocenters. The highest BCUT2D eigenvalue weighted by Crippen LogP contribution is 2.19. The van der Waals surface area contributed by atoms with Crippen LogP contribution in [0.25, 0.3) is 0 Å². The molecule has 1 heterocycles. The first kappa shape index (κ1) is 8.17. The maximum Gasteiger partial charge on any atom is 0.234 e. The third kappa shape index (κ3) is 1.78. The average Bonchev–Trinajstić information content (AvgIpc) is 2.34. The minimum absolute atomic E-state index is 0.635. The smallest absolute Gasteiger partial charge is 0.234 e. The van der Waals surface area contributed by atoms with Crippen molar-refractivity contribution in [1.82, 2.24) is 4.31 Å². The summed E-state index contributed by atoms with van der Waals surface area (Å²) in [4.78, 5) is 0. The maximum atomic E-state index is 10.5. The molecule has 0 amide bonds. The highest BCUT2D eigenvalue weighted by atomic mass is 32.2. The van der Waals surface area contributed by atoms with Gasteiger partial charge in [0.15, 0.2) is 0 Å². The van der Waals surface area contributed by atoms with E-state index < -0.39 is 11.3 Å². The van der Waals surface area contributed by atoms with Crippen LogP contribution < -0.4 is 0 Å². The van der Waals surface area contributed by atoms with Crippen molar-refractivity contribution in [2.75, 3.05) is 13.1 Å². The van der Waals surface area contributed by atoms with Gasteiger partial charge in [-0.25, -0.2) is 8.51 Å². The van der Waals surface area contributed by atoms with E-state index in [1.807, 2.05) is 0 Å². The number of hydrogen-bond donors (Lipinski definition) is 1. The summed E-state index contributed by atoms with van der Waals surface area (Å²) in [6, 6.07) is 0. The molecule has 1 aliphatic heterocycles. The van der Waals surface area contributed by atoms with E-state index in [-0.39, 0.29) is 0 Å². The molecule has 0 aromatic heterocycles. The molecule has 2 unspecified atom stereocenters. The quantitative estimate of drug-likeness (QED) is 0.613. The molecule has 1 aliphatic rings. The molecule has 1 rings (SSSR count). The molecule has 0 saturated carbocycles. The maximum absolute atomic E-state index is 10.5. The van der Waals surface area contributed by atoms with Crippen LogP contribution in [0.4, 0.5) is 0 Å². The monoisotopic (exact) mass is 163 g/mol. The molecule has 1 saturated heterocycles. The Labute approximate surface area is 63.8 Å². The summed E-state index contributed by atoms with van der Waals surface area (Å²) in [6.07, 6.45) is 2.19. The standard InChI is InChI=1S/C6H13NO2S/c1-2-6-3-4-7(5-6)10(8)9/h6H,2-5H2,1H3,(H,8,9). The minimum atomic E-state index is -1.73. The van der Waals surface area contributed by atoms with Crippen molar-refractivity contribution in [2.45, 2.75) is 19.8 Å². The molecule has 0 bridgehead atoms. The lowest BCUT2D eigenvalue weighted by atomic mass is 10.1. The van der Waals surface area contributed by atoms with Crippen molar-refractivity contribution in [3.63, 3.8) is 0 Å². The molecular weight excluding hydrogens is 150 g/mol. The van der Waals surface area contributed by atoms with Crippen LogP contribution >= 0.6 is 0 Å². The van der Waals surface area contributed by atoms with Crippen LogP contribution in [-0.2, 0) is 11.3 Å². The van der Waals surface area contributed by atoms with E-state index in [9.17, 15) is 4.21 Å². The molecule has 0 radical (unpaired) electrons. The van der Waals surface area contributed by atoms with E-state index in [2.05, 4.69) is 6.92 Å². The van der Waals surface area contributed by atoms with Crippen molar-refractivity contribution in [2.24, 2.45) is 5.92 Å². The fraction of sp³-hybridized carbons (Fsp3) is 1.00. The van der Waals surface area contributed by atoms with Gasteiger partial charge in [0.25, 0.3) is 0 Å². The van der Waals surface area contributed by atoms with Gasteiger partial charge < -0.3 is 0 Å². The Hall–Kier alpha value is 0.0700. The first-order chi connectivity index (χ1) is 4.74. The Bertz CT molecular complexity index is 140. The lowest BCUT2D eigenvalue weighted by Crippen LogP contribution is -2.22. The topological polar surface area (TPSA) is 40.5 Å². The van der Waals surface area contributed by atoms with Crippen LogP contribution in [0.2, 0.25) is 0 Å². The van der Waals surface area contributed by atoms with E-state index in [0.29, 0.717) is 5.92 Å². The van der Waals surface area contributed by atoms with Crippen LogP contribution in [0, 0.1) is 5.92 Å². The van der Waals surface area contributed by atoms with E-state index in [1.54, 1.807) is 4.31 Å². The molecule has 0 aromatic rings. The van der Waals surface area contributed by atoms with Gasteiger partial charge in [0.2, 0.25) is 11.3 Å². The molecule has 4 heteroatoms. The summed E-state index contributed by atoms with van der Waals surface area (Å²) in [5.74, 6) is 0.635. The van der Waals surface area contributed by atoms with Crippen LogP contribution in [0.5, 0.6) is 0 Å². The first-order valence-electron chi connectivity index (χ1n) is 3.60. The van der Waals surface area contributed by atoms with E-state index in [4.69, 9.17) is 4.55 Å². The zero-order valence-electron chi connectivity index (χ0n) is 6.12. The van der Waals surface area contributed by atoms with Gasteiger partial charge in [0, 0.05) is 13.1 Å². The molecule has 0 spiro atoms. The van der Waals surface area contributed by atoms with Gasteiger partial charge in [-0.3, -0.25) is 4.55 Å². The number of rotatable bonds is 2. The third-order valence-corrected chi connectivity index (χ3v) is 2.82. The summed E-state index contributed by atoms with van der Waals surface area (Å²) in [6.45, 7) is 3.69. The summed E-state index contributed by atoms with van der Waals surface area (Å²) < 4.78 is 20.8. The lowest BCUT2D eigenvalue weighted by Gasteiger charge is -2.08. The number of nitrogens with zero attached hydrogens (tertiary/aromatic N) is 1. The van der Waals surface area contributed by atoms with Gasteiger partial charge in [-0.15, -0.1) is 0 Å². The summed E-state index contributed by atoms with van der Waals surface area (Å²) in [5.41, 5.74) is 0. The Balaban J connectivity index is 2.35. The predicted octanol–water partition coefficient (Wildman–Crippen LogP) is 0.855. The Morgan fingerprint density at radius 3 is 2.80 bits per heavy atom. The normalized spacial score (nSPS) is 30.8. The fourth-order valence-electron chi connectivity index (χ4n) is 1.27. The average molecular weight is 163 g/mol. The summed E-state index contributed by atoms with van der Waals surface area (Å²) in [7, 11) is 0. The molecule has 0 aromatic carbocycles. The minimum Gasteiger partial charge on any atom is -0.294 e. The number of hydrogen-bond acceptors (Lipinski definition) is 1. The Morgan fingerprint density at radius 1 is 1.80 bits per heavy atom. The van der Waals surface area contributed by atoms with Gasteiger partial charge in [-0.2, -0.15) is 0 Å². The second kappa shape index (κ2) is 3.46. The summed E-state index contributed by atoms with van der Waals surface area (Å²) in [5, 5.41) is 0. The zero-order valence-corrected chi connectivity index (χ0v) is 6.93. The van der Waals surface area contributed by atoms with Crippen molar-refractivity contribution >= 4 is 11.3 Å². The third-order valence-electron chi connectivity index (χ3n) is 2.05. The SMILES string of the molecule is CCC1CCN(S(=O)O)C1. The Morgan fingerprint density at radius 2 is 2.50 bits per heavy atom. The largest absolute Gasteiger partial charge is 0.294 e. The van der Waals surface area contributed by atoms with Crippen LogP contribution in [0.1, 0.15) is 19.8 Å². The second-order valence-electron chi connectivity index (χ2n) is 2.68. The van der Waals surface area contributed by atoms with Gasteiger partial charge in [0.1, 0.15) is 0 Å². The summed E-state index contributed by atoms with van der Waals surface area (Å²) >= 11 is -1.73. The van der Waals surface area contributed by atoms with Gasteiger partial charge in [-0.1, -0.05) is 13.3 Å². The molecule has 60 valence electrons. The van der Waals surface area contributed by atoms with Crippen molar-refractivity contribution in [3.05, 3.63) is 0 Å². The van der Waals surface area contributed by atoms with Crippen molar-refractivity contribution in [1.29, 1.82) is 0 Å². The van der Waals surface area contributed by atoms with Crippen LogP contribution in [-0.4, -0.2) is 26.2 Å². The molecule has 1 fully saturated rings. The van der Waals surface area contributed by atoms with E-state index in [1.165, 1.54) is 0 Å². The molecule has 3 nitrogen and oxygen atoms in total. The molecular formula is C6H13NO2S. The first-order valence-corrected chi connectivity index (χ1v) is 4.66. The van der Waals surface area contributed by atoms with E-state index >= 15 is 0 Å². The van der Waals surface area contributed by atoms with Crippen molar-refractivity contribution in [3.8, 4) is 0 Å². The second-order valence-corrected chi connectivity index (χ2v) is 3.66. The Kier molecular flexibility index (Phi) is 2.82. The molecule has 10 heavy (non-hydrogen) atoms. The highest BCUT2D eigenvalue weighted by Gasteiger charge is 2.23. The zero-order chi connectivity index (χ0) is 7.56. The lowest BCUT2D eigenvalue weighted by molar-refractivity contribution is 0.435. The highest BCUT2D eigenvalue weighted by molar-refractivity contribution is 7.76. The van der Waals surface area contributed by atoms with Crippen LogP contribution in [0.3, 0.4) is 0 Å². The predicted molar refractivity (Wildman–Crippen MR) is 40.7 cm³/mol. The molecule has 1 N–H and O–H groups in total. The van der Waals surface area contributed by atoms with Gasteiger partial charge in [0.05, 0.1) is 0 Å². The van der Waals surface area contributed by atoms with Gasteiger partial charge >= 0.3 is 0 Å².